The summed E-state index contributed by atoms with van der Waals surface area (Å²) in [7, 11) is -3.80. The molecule has 0 aliphatic carbocycles. The number of hydrazone groups is 1. The second kappa shape index (κ2) is 9.33. The Bertz CT molecular complexity index is 1400. The Morgan fingerprint density at radius 1 is 0.875 bits per heavy atom. The Labute approximate surface area is 193 Å². The van der Waals surface area contributed by atoms with Gasteiger partial charge in [-0.2, -0.15) is 13.5 Å². The second-order valence-corrected chi connectivity index (χ2v) is 9.40. The van der Waals surface area contributed by atoms with Crippen LogP contribution in [0.4, 0.5) is 0 Å². The van der Waals surface area contributed by atoms with Crippen LogP contribution in [0.5, 0.6) is 5.75 Å². The van der Waals surface area contributed by atoms with Crippen LogP contribution in [0, 0.1) is 0 Å². The van der Waals surface area contributed by atoms with Gasteiger partial charge in [0.2, 0.25) is 0 Å². The zero-order chi connectivity index (χ0) is 22.6. The number of nitrogens with one attached hydrogen (secondary N) is 1. The third-order valence-corrected chi connectivity index (χ3v) is 6.34. The Balaban J connectivity index is 1.39. The van der Waals surface area contributed by atoms with Crippen LogP contribution in [0.25, 0.3) is 10.8 Å². The van der Waals surface area contributed by atoms with E-state index in [1.54, 1.807) is 60.7 Å². The first-order valence-electron chi connectivity index (χ1n) is 9.52. The van der Waals surface area contributed by atoms with Crippen LogP contribution in [0.15, 0.2) is 105 Å². The molecule has 0 saturated carbocycles. The number of nitrogens with zero attached hydrogens (tertiary/aromatic N) is 1. The SMILES string of the molecule is O=C(Oc1ccc(/C=N/NS(=O)(=O)c2ccc3ccccc3c2)cc1)c1ccc(Br)cc1. The molecule has 32 heavy (non-hydrogen) atoms. The van der Waals surface area contributed by atoms with E-state index in [1.165, 1.54) is 12.3 Å². The number of carbonyl (C=O) groups excluding carboxylic acids is 1. The molecule has 4 aromatic rings. The minimum Gasteiger partial charge on any atom is -0.423 e. The summed E-state index contributed by atoms with van der Waals surface area (Å²) in [5.74, 6) is -0.103. The fraction of sp³-hybridized carbons (Fsp3) is 0. The molecule has 0 saturated heterocycles. The molecule has 0 aliphatic heterocycles. The number of fused-ring (bicyclic) bond motifs is 1. The molecule has 0 heterocycles. The molecular weight excluding hydrogens is 492 g/mol. The Morgan fingerprint density at radius 3 is 2.28 bits per heavy atom. The number of benzene rings is 4. The smallest absolute Gasteiger partial charge is 0.343 e. The number of halogens is 1. The van der Waals surface area contributed by atoms with E-state index in [2.05, 4.69) is 25.9 Å². The molecule has 4 rings (SSSR count). The van der Waals surface area contributed by atoms with Crippen LogP contribution in [0.2, 0.25) is 0 Å². The average Bonchev–Trinajstić information content (AvgIpc) is 2.80. The van der Waals surface area contributed by atoms with Crippen molar-refractivity contribution in [3.8, 4) is 5.75 Å². The minimum absolute atomic E-state index is 0.128. The van der Waals surface area contributed by atoms with Crippen molar-refractivity contribution in [3.63, 3.8) is 0 Å². The van der Waals surface area contributed by atoms with E-state index >= 15 is 0 Å². The molecule has 160 valence electrons. The van der Waals surface area contributed by atoms with Gasteiger partial charge in [0.1, 0.15) is 5.75 Å². The minimum atomic E-state index is -3.80. The molecular formula is C24H17BrN2O4S. The van der Waals surface area contributed by atoms with Crippen molar-refractivity contribution in [2.45, 2.75) is 4.90 Å². The summed E-state index contributed by atoms with van der Waals surface area (Å²) in [5, 5.41) is 5.62. The van der Waals surface area contributed by atoms with Gasteiger partial charge < -0.3 is 4.74 Å². The van der Waals surface area contributed by atoms with Crippen molar-refractivity contribution < 1.29 is 17.9 Å². The van der Waals surface area contributed by atoms with Gasteiger partial charge in [-0.25, -0.2) is 9.63 Å². The lowest BCUT2D eigenvalue weighted by atomic mass is 10.1. The summed E-state index contributed by atoms with van der Waals surface area (Å²) >= 11 is 3.32. The number of ether oxygens (including phenoxy) is 1. The summed E-state index contributed by atoms with van der Waals surface area (Å²) in [4.78, 5) is 14.5. The van der Waals surface area contributed by atoms with Crippen LogP contribution in [-0.2, 0) is 10.0 Å². The fourth-order valence-corrected chi connectivity index (χ4v) is 4.02. The number of esters is 1. The zero-order valence-corrected chi connectivity index (χ0v) is 19.0. The van der Waals surface area contributed by atoms with Crippen LogP contribution in [0.3, 0.4) is 0 Å². The Kier molecular flexibility index (Phi) is 6.34. The number of rotatable bonds is 6. The highest BCUT2D eigenvalue weighted by molar-refractivity contribution is 9.10. The first-order chi connectivity index (χ1) is 15.4. The standard InChI is InChI=1S/C24H17BrN2O4S/c25-21-10-7-19(8-11-21)24(28)31-22-12-5-17(6-13-22)16-26-27-32(29,30)23-14-9-18-3-1-2-4-20(18)15-23/h1-16,27H/b26-16+. The molecule has 0 spiro atoms. The van der Waals surface area contributed by atoms with E-state index < -0.39 is 16.0 Å². The number of sulfonamides is 1. The molecule has 8 heteroatoms. The van der Waals surface area contributed by atoms with E-state index in [0.29, 0.717) is 16.9 Å². The van der Waals surface area contributed by atoms with Gasteiger partial charge in [0.15, 0.2) is 0 Å². The maximum absolute atomic E-state index is 12.5. The van der Waals surface area contributed by atoms with Gasteiger partial charge >= 0.3 is 5.97 Å². The maximum Gasteiger partial charge on any atom is 0.343 e. The molecule has 0 radical (unpaired) electrons. The lowest BCUT2D eigenvalue weighted by molar-refractivity contribution is 0.0734. The first kappa shape index (κ1) is 21.7. The quantitative estimate of drug-likeness (QED) is 0.169. The van der Waals surface area contributed by atoms with Crippen LogP contribution < -0.4 is 9.57 Å². The van der Waals surface area contributed by atoms with E-state index in [9.17, 15) is 13.2 Å². The molecule has 0 atom stereocenters. The highest BCUT2D eigenvalue weighted by Crippen LogP contribution is 2.19. The largest absolute Gasteiger partial charge is 0.423 e. The second-order valence-electron chi connectivity index (χ2n) is 6.83. The molecule has 4 aromatic carbocycles. The molecule has 6 nitrogen and oxygen atoms in total. The van der Waals surface area contributed by atoms with E-state index in [4.69, 9.17) is 4.74 Å². The molecule has 0 unspecified atom stereocenters. The Hall–Kier alpha value is -3.49. The first-order valence-corrected chi connectivity index (χ1v) is 11.8. The summed E-state index contributed by atoms with van der Waals surface area (Å²) in [6.45, 7) is 0. The molecule has 0 aliphatic rings. The molecule has 1 N–H and O–H groups in total. The lowest BCUT2D eigenvalue weighted by Crippen LogP contribution is -2.18. The summed E-state index contributed by atoms with van der Waals surface area (Å²) < 4.78 is 31.2. The number of carbonyl (C=O) groups is 1. The zero-order valence-electron chi connectivity index (χ0n) is 16.6. The maximum atomic E-state index is 12.5. The highest BCUT2D eigenvalue weighted by Gasteiger charge is 2.13. The molecule has 0 bridgehead atoms. The molecule has 0 fully saturated rings. The van der Waals surface area contributed by atoms with Gasteiger partial charge in [-0.05, 0) is 77.0 Å². The van der Waals surface area contributed by atoms with E-state index in [1.807, 2.05) is 24.3 Å². The van der Waals surface area contributed by atoms with Crippen molar-refractivity contribution in [1.82, 2.24) is 4.83 Å². The lowest BCUT2D eigenvalue weighted by Gasteiger charge is -2.06. The Morgan fingerprint density at radius 2 is 1.56 bits per heavy atom. The summed E-state index contributed by atoms with van der Waals surface area (Å²) in [5.41, 5.74) is 1.07. The van der Waals surface area contributed by atoms with Gasteiger partial charge in [0, 0.05) is 4.47 Å². The number of hydrogen-bond acceptors (Lipinski definition) is 5. The molecule has 0 amide bonds. The van der Waals surface area contributed by atoms with Gasteiger partial charge in [0.25, 0.3) is 10.0 Å². The molecule has 0 aromatic heterocycles. The van der Waals surface area contributed by atoms with Gasteiger partial charge in [-0.15, -0.1) is 0 Å². The van der Waals surface area contributed by atoms with Crippen LogP contribution in [-0.4, -0.2) is 20.6 Å². The van der Waals surface area contributed by atoms with Crippen molar-refractivity contribution in [1.29, 1.82) is 0 Å². The van der Waals surface area contributed by atoms with Crippen molar-refractivity contribution in [2.75, 3.05) is 0 Å². The van der Waals surface area contributed by atoms with Gasteiger partial charge in [-0.3, -0.25) is 0 Å². The third-order valence-electron chi connectivity index (χ3n) is 4.59. The van der Waals surface area contributed by atoms with Crippen molar-refractivity contribution >= 4 is 48.9 Å². The monoisotopic (exact) mass is 508 g/mol. The van der Waals surface area contributed by atoms with E-state index in [0.717, 1.165) is 15.2 Å². The predicted octanol–water partition coefficient (Wildman–Crippen LogP) is 5.13. The van der Waals surface area contributed by atoms with Crippen LogP contribution >= 0.6 is 15.9 Å². The van der Waals surface area contributed by atoms with Crippen molar-refractivity contribution in [2.24, 2.45) is 5.10 Å². The summed E-state index contributed by atoms with van der Waals surface area (Å²) in [6.07, 6.45) is 1.37. The van der Waals surface area contributed by atoms with Crippen molar-refractivity contribution in [3.05, 3.63) is 107 Å². The topological polar surface area (TPSA) is 84.8 Å². The van der Waals surface area contributed by atoms with Gasteiger partial charge in [0.05, 0.1) is 16.7 Å². The fourth-order valence-electron chi connectivity index (χ4n) is 2.93. The summed E-state index contributed by atoms with van der Waals surface area (Å²) in [6, 6.07) is 25.8. The normalized spacial score (nSPS) is 11.5. The number of hydrogen-bond donors (Lipinski definition) is 1. The third kappa shape index (κ3) is 5.22. The van der Waals surface area contributed by atoms with Crippen LogP contribution in [0.1, 0.15) is 15.9 Å². The highest BCUT2D eigenvalue weighted by atomic mass is 79.9. The van der Waals surface area contributed by atoms with Gasteiger partial charge in [-0.1, -0.05) is 46.3 Å². The van der Waals surface area contributed by atoms with E-state index in [-0.39, 0.29) is 4.90 Å². The average molecular weight is 509 g/mol. The predicted molar refractivity (Wildman–Crippen MR) is 127 cm³/mol.